The number of urea groups is 1. The fourth-order valence-corrected chi connectivity index (χ4v) is 2.89. The summed E-state index contributed by atoms with van der Waals surface area (Å²) in [7, 11) is 1.61. The molecular formula is C20H23ClN6O3. The maximum Gasteiger partial charge on any atom is 0.319 e. The molecule has 1 atom stereocenters. The van der Waals surface area contributed by atoms with Gasteiger partial charge >= 0.3 is 6.03 Å². The first-order valence-corrected chi connectivity index (χ1v) is 9.79. The monoisotopic (exact) mass is 430 g/mol. The minimum Gasteiger partial charge on any atom is -0.497 e. The van der Waals surface area contributed by atoms with Crippen molar-refractivity contribution in [2.75, 3.05) is 19.0 Å². The second-order valence-electron chi connectivity index (χ2n) is 6.53. The van der Waals surface area contributed by atoms with Crippen molar-refractivity contribution in [2.45, 2.75) is 25.4 Å². The number of aliphatic hydroxyl groups excluding tert-OH is 1. The molecular weight excluding hydrogens is 408 g/mol. The van der Waals surface area contributed by atoms with Gasteiger partial charge < -0.3 is 20.5 Å². The molecule has 158 valence electrons. The minimum absolute atomic E-state index is 0.0356. The van der Waals surface area contributed by atoms with E-state index in [9.17, 15) is 4.79 Å². The number of anilines is 1. The van der Waals surface area contributed by atoms with Crippen molar-refractivity contribution in [3.05, 3.63) is 64.9 Å². The van der Waals surface area contributed by atoms with Crippen LogP contribution >= 0.6 is 11.6 Å². The Morgan fingerprint density at radius 2 is 1.93 bits per heavy atom. The van der Waals surface area contributed by atoms with E-state index in [1.807, 2.05) is 24.3 Å². The molecule has 0 saturated heterocycles. The summed E-state index contributed by atoms with van der Waals surface area (Å²) in [4.78, 5) is 14.0. The van der Waals surface area contributed by atoms with Crippen molar-refractivity contribution < 1.29 is 14.6 Å². The second-order valence-corrected chi connectivity index (χ2v) is 6.97. The topological polar surface area (TPSA) is 114 Å². The molecule has 30 heavy (non-hydrogen) atoms. The number of aryl methyl sites for hydroxylation is 1. The van der Waals surface area contributed by atoms with E-state index in [4.69, 9.17) is 21.4 Å². The Morgan fingerprint density at radius 3 is 2.60 bits per heavy atom. The van der Waals surface area contributed by atoms with Crippen molar-refractivity contribution in [1.82, 2.24) is 25.5 Å². The number of hydrogen-bond acceptors (Lipinski definition) is 6. The Bertz CT molecular complexity index is 946. The molecule has 10 heteroatoms. The minimum atomic E-state index is -0.506. The van der Waals surface area contributed by atoms with Gasteiger partial charge in [0.1, 0.15) is 5.75 Å². The zero-order valence-electron chi connectivity index (χ0n) is 16.5. The number of nitrogens with zero attached hydrogens (tertiary/aromatic N) is 4. The van der Waals surface area contributed by atoms with E-state index in [-0.39, 0.29) is 6.61 Å². The molecule has 9 nitrogen and oxygen atoms in total. The molecule has 0 bridgehead atoms. The van der Waals surface area contributed by atoms with Gasteiger partial charge in [-0.1, -0.05) is 23.7 Å². The highest BCUT2D eigenvalue weighted by atomic mass is 35.5. The summed E-state index contributed by atoms with van der Waals surface area (Å²) in [5, 5.41) is 27.7. The number of carbonyl (C=O) groups is 1. The molecule has 1 heterocycles. The highest BCUT2D eigenvalue weighted by Gasteiger charge is 2.21. The lowest BCUT2D eigenvalue weighted by Gasteiger charge is -2.16. The van der Waals surface area contributed by atoms with Crippen molar-refractivity contribution in [1.29, 1.82) is 0 Å². The number of benzene rings is 2. The standard InChI is InChI=1S/C20H23ClN6O3/c1-30-17-9-3-14(4-10-17)13-18(19-24-26-27(25-19)11-2-12-28)23-20(29)22-16-7-5-15(21)6-8-16/h3-10,18,28H,2,11-13H2,1H3,(H2,22,23,29)/t18-/m0/s1. The molecule has 0 radical (unpaired) electrons. The molecule has 0 saturated carbocycles. The van der Waals surface area contributed by atoms with E-state index in [1.165, 1.54) is 4.80 Å². The van der Waals surface area contributed by atoms with E-state index in [0.717, 1.165) is 11.3 Å². The summed E-state index contributed by atoms with van der Waals surface area (Å²) < 4.78 is 5.19. The molecule has 0 aliphatic heterocycles. The van der Waals surface area contributed by atoms with Crippen LogP contribution in [0.15, 0.2) is 48.5 Å². The number of aromatic nitrogens is 4. The number of rotatable bonds is 9. The number of carbonyl (C=O) groups excluding carboxylic acids is 1. The first-order chi connectivity index (χ1) is 14.6. The summed E-state index contributed by atoms with van der Waals surface area (Å²) in [5.41, 5.74) is 1.58. The number of nitrogens with one attached hydrogen (secondary N) is 2. The van der Waals surface area contributed by atoms with Crippen LogP contribution in [-0.2, 0) is 13.0 Å². The van der Waals surface area contributed by atoms with Crippen LogP contribution in [0.5, 0.6) is 5.75 Å². The number of aliphatic hydroxyl groups is 1. The number of tetrazole rings is 1. The molecule has 2 aromatic carbocycles. The van der Waals surface area contributed by atoms with Crippen LogP contribution in [0.2, 0.25) is 5.02 Å². The zero-order valence-corrected chi connectivity index (χ0v) is 17.2. The third kappa shape index (κ3) is 6.16. The summed E-state index contributed by atoms with van der Waals surface area (Å²) in [5.74, 6) is 1.13. The zero-order chi connectivity index (χ0) is 21.3. The lowest BCUT2D eigenvalue weighted by atomic mass is 10.1. The number of hydrogen-bond donors (Lipinski definition) is 3. The van der Waals surface area contributed by atoms with Gasteiger partial charge in [0.25, 0.3) is 0 Å². The predicted octanol–water partition coefficient (Wildman–Crippen LogP) is 2.82. The number of halogens is 1. The van der Waals surface area contributed by atoms with E-state index >= 15 is 0 Å². The average Bonchev–Trinajstić information content (AvgIpc) is 3.23. The van der Waals surface area contributed by atoms with Crippen molar-refractivity contribution in [3.8, 4) is 5.75 Å². The van der Waals surface area contributed by atoms with Crippen molar-refractivity contribution >= 4 is 23.3 Å². The van der Waals surface area contributed by atoms with Gasteiger partial charge in [0.2, 0.25) is 0 Å². The molecule has 0 aliphatic carbocycles. The average molecular weight is 431 g/mol. The molecule has 3 N–H and O–H groups in total. The summed E-state index contributed by atoms with van der Waals surface area (Å²) in [6.07, 6.45) is 0.979. The highest BCUT2D eigenvalue weighted by Crippen LogP contribution is 2.19. The molecule has 2 amide bonds. The molecule has 1 aromatic heterocycles. The number of amides is 2. The Kier molecular flexibility index (Phi) is 7.58. The predicted molar refractivity (Wildman–Crippen MR) is 113 cm³/mol. The molecule has 0 unspecified atom stereocenters. The van der Waals surface area contributed by atoms with Gasteiger partial charge in [0, 0.05) is 23.7 Å². The van der Waals surface area contributed by atoms with Crippen LogP contribution in [0.3, 0.4) is 0 Å². The van der Waals surface area contributed by atoms with Gasteiger partial charge in [0.15, 0.2) is 5.82 Å². The first-order valence-electron chi connectivity index (χ1n) is 9.42. The van der Waals surface area contributed by atoms with Gasteiger partial charge in [-0.2, -0.15) is 4.80 Å². The molecule has 3 rings (SSSR count). The van der Waals surface area contributed by atoms with Gasteiger partial charge in [-0.25, -0.2) is 4.79 Å². The van der Waals surface area contributed by atoms with Gasteiger partial charge in [0.05, 0.1) is 19.7 Å². The lowest BCUT2D eigenvalue weighted by molar-refractivity contribution is 0.248. The van der Waals surface area contributed by atoms with Crippen LogP contribution in [0.1, 0.15) is 23.9 Å². The fraction of sp³-hybridized carbons (Fsp3) is 0.300. The van der Waals surface area contributed by atoms with Gasteiger partial charge in [-0.3, -0.25) is 0 Å². The Hall–Kier alpha value is -3.17. The van der Waals surface area contributed by atoms with E-state index in [1.54, 1.807) is 31.4 Å². The molecule has 0 fully saturated rings. The first kappa shape index (κ1) is 21.5. The summed E-state index contributed by atoms with van der Waals surface area (Å²) in [6, 6.07) is 13.4. The van der Waals surface area contributed by atoms with Crippen LogP contribution in [0, 0.1) is 0 Å². The largest absolute Gasteiger partial charge is 0.497 e. The van der Waals surface area contributed by atoms with Crippen LogP contribution in [0.4, 0.5) is 10.5 Å². The van der Waals surface area contributed by atoms with Gasteiger partial charge in [-0.15, -0.1) is 10.2 Å². The quantitative estimate of drug-likeness (QED) is 0.481. The van der Waals surface area contributed by atoms with Crippen LogP contribution < -0.4 is 15.4 Å². The SMILES string of the molecule is COc1ccc(C[C@H](NC(=O)Nc2ccc(Cl)cc2)c2nnn(CCCO)n2)cc1. The third-order valence-corrected chi connectivity index (χ3v) is 4.55. The fourth-order valence-electron chi connectivity index (χ4n) is 2.76. The number of methoxy groups -OCH3 is 1. The van der Waals surface area contributed by atoms with Gasteiger partial charge in [-0.05, 0) is 53.6 Å². The summed E-state index contributed by atoms with van der Waals surface area (Å²) in [6.45, 7) is 0.476. The van der Waals surface area contributed by atoms with E-state index < -0.39 is 12.1 Å². The molecule has 0 spiro atoms. The molecule has 0 aliphatic rings. The smallest absolute Gasteiger partial charge is 0.319 e. The molecule has 3 aromatic rings. The summed E-state index contributed by atoms with van der Waals surface area (Å²) >= 11 is 5.88. The highest BCUT2D eigenvalue weighted by molar-refractivity contribution is 6.30. The Morgan fingerprint density at radius 1 is 1.20 bits per heavy atom. The van der Waals surface area contributed by atoms with Crippen molar-refractivity contribution in [3.63, 3.8) is 0 Å². The van der Waals surface area contributed by atoms with Crippen LogP contribution in [0.25, 0.3) is 0 Å². The maximum absolute atomic E-state index is 12.6. The van der Waals surface area contributed by atoms with E-state index in [0.29, 0.717) is 35.9 Å². The number of ether oxygens (including phenoxy) is 1. The maximum atomic E-state index is 12.6. The van der Waals surface area contributed by atoms with Crippen LogP contribution in [-0.4, -0.2) is 45.1 Å². The Balaban J connectivity index is 1.74. The normalized spacial score (nSPS) is 11.7. The third-order valence-electron chi connectivity index (χ3n) is 4.30. The second kappa shape index (κ2) is 10.6. The van der Waals surface area contributed by atoms with Crippen molar-refractivity contribution in [2.24, 2.45) is 0 Å². The lowest BCUT2D eigenvalue weighted by Crippen LogP contribution is -2.34. The van der Waals surface area contributed by atoms with E-state index in [2.05, 4.69) is 26.0 Å². The Labute approximate surface area is 179 Å².